The molecule has 2 atom stereocenters. The van der Waals surface area contributed by atoms with Crippen molar-refractivity contribution in [3.63, 3.8) is 0 Å². The molecule has 2 aliphatic carbocycles. The fourth-order valence-electron chi connectivity index (χ4n) is 4.70. The Morgan fingerprint density at radius 1 is 1.21 bits per heavy atom. The van der Waals surface area contributed by atoms with E-state index in [-0.39, 0.29) is 5.78 Å². The van der Waals surface area contributed by atoms with Crippen molar-refractivity contribution in [3.8, 4) is 0 Å². The number of fused-ring (bicyclic) bond motifs is 3. The molecule has 0 aliphatic heterocycles. The highest BCUT2D eigenvalue weighted by Gasteiger charge is 2.63. The van der Waals surface area contributed by atoms with Crippen molar-refractivity contribution >= 4 is 22.8 Å². The molecular formula is C21H25NOS. The Morgan fingerprint density at radius 3 is 2.54 bits per heavy atom. The average molecular weight is 340 g/mol. The first-order valence-electron chi connectivity index (χ1n) is 8.76. The van der Waals surface area contributed by atoms with Gasteiger partial charge in [-0.05, 0) is 78.8 Å². The highest BCUT2D eigenvalue weighted by atomic mass is 32.1. The number of aryl methyl sites for hydroxylation is 3. The molecule has 0 saturated heterocycles. The van der Waals surface area contributed by atoms with Crippen molar-refractivity contribution in [1.29, 1.82) is 0 Å². The number of anilines is 1. The third-order valence-corrected chi connectivity index (χ3v) is 7.15. The summed E-state index contributed by atoms with van der Waals surface area (Å²) in [6.07, 6.45) is 1.10. The molecule has 1 fully saturated rings. The fraction of sp³-hybridized carbons (Fsp3) is 0.476. The van der Waals surface area contributed by atoms with Crippen LogP contribution >= 0.6 is 11.3 Å². The largest absolute Gasteiger partial charge is 0.378 e. The van der Waals surface area contributed by atoms with Crippen LogP contribution < -0.4 is 5.32 Å². The molecule has 126 valence electrons. The molecule has 0 unspecified atom stereocenters. The summed E-state index contributed by atoms with van der Waals surface area (Å²) in [6.45, 7) is 11.5. The van der Waals surface area contributed by atoms with Gasteiger partial charge in [-0.25, -0.2) is 0 Å². The summed E-state index contributed by atoms with van der Waals surface area (Å²) < 4.78 is 0. The van der Waals surface area contributed by atoms with Gasteiger partial charge in [-0.3, -0.25) is 4.79 Å². The van der Waals surface area contributed by atoms with Gasteiger partial charge in [0.05, 0.1) is 11.4 Å². The summed E-state index contributed by atoms with van der Waals surface area (Å²) in [7, 11) is 0. The van der Waals surface area contributed by atoms with Gasteiger partial charge in [-0.15, -0.1) is 11.3 Å². The Kier molecular flexibility index (Phi) is 3.44. The lowest BCUT2D eigenvalue weighted by atomic mass is 9.94. The monoisotopic (exact) mass is 339 g/mol. The first-order chi connectivity index (χ1) is 11.3. The van der Waals surface area contributed by atoms with E-state index in [0.717, 1.165) is 22.9 Å². The van der Waals surface area contributed by atoms with Crippen LogP contribution in [0.2, 0.25) is 0 Å². The number of Topliss-reactive ketones (excluding diaryl/α,β-unsaturated/α-hetero) is 1. The Labute approximate surface area is 148 Å². The van der Waals surface area contributed by atoms with Gasteiger partial charge in [0.15, 0.2) is 5.78 Å². The molecule has 1 aromatic carbocycles. The van der Waals surface area contributed by atoms with E-state index < -0.39 is 0 Å². The second kappa shape index (κ2) is 5.19. The maximum absolute atomic E-state index is 12.8. The lowest BCUT2D eigenvalue weighted by molar-refractivity contribution is 0.101. The van der Waals surface area contributed by atoms with Crippen molar-refractivity contribution in [2.75, 3.05) is 11.9 Å². The topological polar surface area (TPSA) is 29.1 Å². The molecule has 1 heterocycles. The van der Waals surface area contributed by atoms with E-state index in [9.17, 15) is 4.79 Å². The summed E-state index contributed by atoms with van der Waals surface area (Å²) in [4.78, 5) is 15.2. The minimum absolute atomic E-state index is 0.239. The van der Waals surface area contributed by atoms with Crippen LogP contribution in [-0.2, 0) is 6.42 Å². The predicted octanol–water partition coefficient (Wildman–Crippen LogP) is 5.26. The van der Waals surface area contributed by atoms with Crippen molar-refractivity contribution in [3.05, 3.63) is 50.2 Å². The van der Waals surface area contributed by atoms with E-state index >= 15 is 0 Å². The van der Waals surface area contributed by atoms with E-state index in [1.807, 2.05) is 0 Å². The first kappa shape index (κ1) is 15.9. The summed E-state index contributed by atoms with van der Waals surface area (Å²) in [5, 5.41) is 3.32. The van der Waals surface area contributed by atoms with Gasteiger partial charge in [-0.2, -0.15) is 0 Å². The standard InChI is InChI=1S/C21H25NOS/c1-11-6-12(2)8-14(7-11)22-10-17(23)20-15-9-16-19(21(16,4)5)18(15)13(3)24-20/h6-8,16,19,22H,9-10H2,1-5H3/t16-,19-/m1/s1. The number of ketones is 1. The van der Waals surface area contributed by atoms with Crippen molar-refractivity contribution in [2.24, 2.45) is 11.3 Å². The van der Waals surface area contributed by atoms with Crippen LogP contribution in [0.3, 0.4) is 0 Å². The predicted molar refractivity (Wildman–Crippen MR) is 102 cm³/mol. The third-order valence-electron chi connectivity index (χ3n) is 5.95. The Hall–Kier alpha value is -1.61. The molecule has 1 aromatic heterocycles. The zero-order chi connectivity index (χ0) is 17.2. The molecule has 3 heteroatoms. The Balaban J connectivity index is 1.52. The lowest BCUT2D eigenvalue weighted by Gasteiger charge is -2.11. The molecule has 0 amide bonds. The summed E-state index contributed by atoms with van der Waals surface area (Å²) in [5.74, 6) is 1.69. The zero-order valence-corrected chi connectivity index (χ0v) is 15.9. The molecule has 4 rings (SSSR count). The van der Waals surface area contributed by atoms with Crippen LogP contribution in [0.25, 0.3) is 0 Å². The van der Waals surface area contributed by atoms with E-state index in [4.69, 9.17) is 0 Å². The number of hydrogen-bond donors (Lipinski definition) is 1. The molecular weight excluding hydrogens is 314 g/mol. The van der Waals surface area contributed by atoms with E-state index in [2.05, 4.69) is 58.1 Å². The smallest absolute Gasteiger partial charge is 0.192 e. The molecule has 1 saturated carbocycles. The SMILES string of the molecule is Cc1cc(C)cc(NCC(=O)c2sc(C)c3c2C[C@@H]2[C@H]3C2(C)C)c1. The average Bonchev–Trinajstić information content (AvgIpc) is 2.83. The van der Waals surface area contributed by atoms with Crippen LogP contribution in [0, 0.1) is 32.1 Å². The van der Waals surface area contributed by atoms with Gasteiger partial charge in [0, 0.05) is 10.6 Å². The number of hydrogen-bond acceptors (Lipinski definition) is 3. The highest BCUT2D eigenvalue weighted by Crippen LogP contribution is 2.71. The number of carbonyl (C=O) groups is 1. The van der Waals surface area contributed by atoms with Gasteiger partial charge in [0.1, 0.15) is 0 Å². The first-order valence-corrected chi connectivity index (χ1v) is 9.58. The normalized spacial score (nSPS) is 22.9. The molecule has 2 nitrogen and oxygen atoms in total. The fourth-order valence-corrected chi connectivity index (χ4v) is 5.87. The van der Waals surface area contributed by atoms with Crippen molar-refractivity contribution in [2.45, 2.75) is 47.0 Å². The third kappa shape index (κ3) is 2.33. The highest BCUT2D eigenvalue weighted by molar-refractivity contribution is 7.14. The van der Waals surface area contributed by atoms with E-state index in [1.165, 1.54) is 27.1 Å². The second-order valence-corrected chi connectivity index (χ2v) is 9.37. The molecule has 2 aromatic rings. The lowest BCUT2D eigenvalue weighted by Crippen LogP contribution is -2.15. The molecule has 2 aliphatic rings. The minimum atomic E-state index is 0.239. The summed E-state index contributed by atoms with van der Waals surface area (Å²) >= 11 is 1.71. The Bertz CT molecular complexity index is 826. The van der Waals surface area contributed by atoms with Crippen LogP contribution in [-0.4, -0.2) is 12.3 Å². The van der Waals surface area contributed by atoms with Crippen LogP contribution in [0.4, 0.5) is 5.69 Å². The molecule has 1 N–H and O–H groups in total. The van der Waals surface area contributed by atoms with Crippen LogP contribution in [0.15, 0.2) is 18.2 Å². The van der Waals surface area contributed by atoms with Crippen LogP contribution in [0.5, 0.6) is 0 Å². The molecule has 0 spiro atoms. The number of rotatable bonds is 4. The quantitative estimate of drug-likeness (QED) is 0.769. The minimum Gasteiger partial charge on any atom is -0.378 e. The van der Waals surface area contributed by atoms with Crippen molar-refractivity contribution in [1.82, 2.24) is 0 Å². The van der Waals surface area contributed by atoms with E-state index in [1.54, 1.807) is 11.3 Å². The number of thiophene rings is 1. The summed E-state index contributed by atoms with van der Waals surface area (Å²) in [5.41, 5.74) is 6.79. The number of carbonyl (C=O) groups excluding carboxylic acids is 1. The molecule has 24 heavy (non-hydrogen) atoms. The number of benzene rings is 1. The number of nitrogens with one attached hydrogen (secondary N) is 1. The maximum atomic E-state index is 12.8. The molecule has 0 radical (unpaired) electrons. The second-order valence-electron chi connectivity index (χ2n) is 8.14. The van der Waals surface area contributed by atoms with Gasteiger partial charge in [0.25, 0.3) is 0 Å². The molecule has 0 bridgehead atoms. The summed E-state index contributed by atoms with van der Waals surface area (Å²) in [6, 6.07) is 6.35. The maximum Gasteiger partial charge on any atom is 0.192 e. The van der Waals surface area contributed by atoms with E-state index in [0.29, 0.717) is 17.9 Å². The van der Waals surface area contributed by atoms with Gasteiger partial charge in [0.2, 0.25) is 0 Å². The van der Waals surface area contributed by atoms with Gasteiger partial charge < -0.3 is 5.32 Å². The Morgan fingerprint density at radius 2 is 1.88 bits per heavy atom. The van der Waals surface area contributed by atoms with Gasteiger partial charge in [-0.1, -0.05) is 19.9 Å². The van der Waals surface area contributed by atoms with Crippen molar-refractivity contribution < 1.29 is 4.79 Å². The van der Waals surface area contributed by atoms with Crippen LogP contribution in [0.1, 0.15) is 56.6 Å². The van der Waals surface area contributed by atoms with Gasteiger partial charge >= 0.3 is 0 Å². The zero-order valence-electron chi connectivity index (χ0n) is 15.1.